The lowest BCUT2D eigenvalue weighted by molar-refractivity contribution is 0.523. The van der Waals surface area contributed by atoms with E-state index in [-0.39, 0.29) is 0 Å². The third kappa shape index (κ3) is 4.77. The number of nitrogens with zero attached hydrogens (tertiary/aromatic N) is 3. The molecule has 3 heteroatoms. The number of aromatic nitrogens is 3. The van der Waals surface area contributed by atoms with Gasteiger partial charge in [0, 0.05) is 6.54 Å². The van der Waals surface area contributed by atoms with E-state index < -0.39 is 0 Å². The SMILES string of the molecule is CCCCCCCc1cnnn1CCCC. The van der Waals surface area contributed by atoms with Gasteiger partial charge in [-0.2, -0.15) is 0 Å². The molecular weight excluding hydrogens is 198 g/mol. The Balaban J connectivity index is 2.22. The van der Waals surface area contributed by atoms with Gasteiger partial charge in [0.1, 0.15) is 0 Å². The molecule has 0 saturated heterocycles. The third-order valence-corrected chi connectivity index (χ3v) is 2.96. The van der Waals surface area contributed by atoms with Crippen LogP contribution in [0.25, 0.3) is 0 Å². The fourth-order valence-corrected chi connectivity index (χ4v) is 1.88. The Morgan fingerprint density at radius 3 is 2.50 bits per heavy atom. The molecule has 1 aromatic heterocycles. The predicted molar refractivity (Wildman–Crippen MR) is 67.4 cm³/mol. The highest BCUT2D eigenvalue weighted by molar-refractivity contribution is 4.93. The molecule has 0 aliphatic heterocycles. The van der Waals surface area contributed by atoms with E-state index in [9.17, 15) is 0 Å². The van der Waals surface area contributed by atoms with Crippen LogP contribution in [0.3, 0.4) is 0 Å². The summed E-state index contributed by atoms with van der Waals surface area (Å²) in [6.45, 7) is 5.49. The van der Waals surface area contributed by atoms with E-state index in [1.165, 1.54) is 50.6 Å². The zero-order chi connectivity index (χ0) is 11.6. The van der Waals surface area contributed by atoms with Gasteiger partial charge in [0.25, 0.3) is 0 Å². The van der Waals surface area contributed by atoms with Gasteiger partial charge in [-0.3, -0.25) is 0 Å². The standard InChI is InChI=1S/C13H25N3/c1-3-5-7-8-9-10-13-12-14-15-16(13)11-6-4-2/h12H,3-11H2,1-2H3. The average molecular weight is 223 g/mol. The summed E-state index contributed by atoms with van der Waals surface area (Å²) in [4.78, 5) is 0. The van der Waals surface area contributed by atoms with Crippen molar-refractivity contribution in [3.63, 3.8) is 0 Å². The molecule has 0 amide bonds. The van der Waals surface area contributed by atoms with Crippen molar-refractivity contribution in [3.8, 4) is 0 Å². The molecule has 16 heavy (non-hydrogen) atoms. The van der Waals surface area contributed by atoms with Crippen molar-refractivity contribution >= 4 is 0 Å². The zero-order valence-electron chi connectivity index (χ0n) is 10.8. The van der Waals surface area contributed by atoms with Gasteiger partial charge >= 0.3 is 0 Å². The first-order chi connectivity index (χ1) is 7.88. The molecule has 0 fully saturated rings. The highest BCUT2D eigenvalue weighted by Gasteiger charge is 2.02. The van der Waals surface area contributed by atoms with E-state index in [0.29, 0.717) is 0 Å². The van der Waals surface area contributed by atoms with E-state index >= 15 is 0 Å². The summed E-state index contributed by atoms with van der Waals surface area (Å²) in [5, 5.41) is 8.14. The van der Waals surface area contributed by atoms with Gasteiger partial charge in [0.15, 0.2) is 0 Å². The van der Waals surface area contributed by atoms with Crippen molar-refractivity contribution in [1.82, 2.24) is 15.0 Å². The molecule has 0 aliphatic carbocycles. The Labute approximate surface area is 99.2 Å². The van der Waals surface area contributed by atoms with Crippen LogP contribution in [0.15, 0.2) is 6.20 Å². The topological polar surface area (TPSA) is 30.7 Å². The van der Waals surface area contributed by atoms with E-state index in [4.69, 9.17) is 0 Å². The van der Waals surface area contributed by atoms with E-state index in [1.54, 1.807) is 0 Å². The third-order valence-electron chi connectivity index (χ3n) is 2.96. The number of rotatable bonds is 9. The number of hydrogen-bond acceptors (Lipinski definition) is 2. The maximum atomic E-state index is 4.14. The summed E-state index contributed by atoms with van der Waals surface area (Å²) in [6, 6.07) is 0. The van der Waals surface area contributed by atoms with Crippen LogP contribution in [-0.2, 0) is 13.0 Å². The van der Waals surface area contributed by atoms with E-state index in [1.807, 2.05) is 6.20 Å². The lowest BCUT2D eigenvalue weighted by Gasteiger charge is -2.05. The van der Waals surface area contributed by atoms with Crippen molar-refractivity contribution in [3.05, 3.63) is 11.9 Å². The summed E-state index contributed by atoms with van der Waals surface area (Å²) >= 11 is 0. The molecule has 0 unspecified atom stereocenters. The summed E-state index contributed by atoms with van der Waals surface area (Å²) < 4.78 is 2.07. The normalized spacial score (nSPS) is 10.9. The molecule has 0 atom stereocenters. The Morgan fingerprint density at radius 1 is 1.00 bits per heavy atom. The fraction of sp³-hybridized carbons (Fsp3) is 0.846. The van der Waals surface area contributed by atoms with Crippen LogP contribution in [0.4, 0.5) is 0 Å². The van der Waals surface area contributed by atoms with Crippen molar-refractivity contribution in [2.45, 2.75) is 71.8 Å². The van der Waals surface area contributed by atoms with Crippen molar-refractivity contribution in [2.75, 3.05) is 0 Å². The van der Waals surface area contributed by atoms with Crippen molar-refractivity contribution in [1.29, 1.82) is 0 Å². The minimum atomic E-state index is 1.03. The summed E-state index contributed by atoms with van der Waals surface area (Å²) in [5.74, 6) is 0. The lowest BCUT2D eigenvalue weighted by Crippen LogP contribution is -2.05. The van der Waals surface area contributed by atoms with Gasteiger partial charge in [-0.25, -0.2) is 4.68 Å². The predicted octanol–water partition coefficient (Wildman–Crippen LogP) is 3.59. The van der Waals surface area contributed by atoms with Gasteiger partial charge in [0.05, 0.1) is 11.9 Å². The molecule has 1 rings (SSSR count). The summed E-state index contributed by atoms with van der Waals surface area (Å²) in [5.41, 5.74) is 1.31. The van der Waals surface area contributed by atoms with Crippen LogP contribution in [0.1, 0.15) is 64.5 Å². The highest BCUT2D eigenvalue weighted by atomic mass is 15.4. The fourth-order valence-electron chi connectivity index (χ4n) is 1.88. The lowest BCUT2D eigenvalue weighted by atomic mass is 10.1. The molecule has 0 N–H and O–H groups in total. The summed E-state index contributed by atoms with van der Waals surface area (Å²) in [6.07, 6.45) is 12.2. The first-order valence-electron chi connectivity index (χ1n) is 6.75. The second-order valence-corrected chi connectivity index (χ2v) is 4.47. The van der Waals surface area contributed by atoms with Gasteiger partial charge in [0.2, 0.25) is 0 Å². The maximum absolute atomic E-state index is 4.14. The van der Waals surface area contributed by atoms with Crippen molar-refractivity contribution in [2.24, 2.45) is 0 Å². The molecule has 1 heterocycles. The Morgan fingerprint density at radius 2 is 1.75 bits per heavy atom. The molecule has 1 aromatic rings. The number of unbranched alkanes of at least 4 members (excludes halogenated alkanes) is 5. The second-order valence-electron chi connectivity index (χ2n) is 4.47. The van der Waals surface area contributed by atoms with E-state index in [2.05, 4.69) is 28.8 Å². The minimum absolute atomic E-state index is 1.03. The first kappa shape index (κ1) is 13.2. The minimum Gasteiger partial charge on any atom is -0.249 e. The smallest absolute Gasteiger partial charge is 0.0725 e. The molecule has 0 spiro atoms. The molecule has 0 aliphatic rings. The molecule has 0 radical (unpaired) electrons. The Bertz CT molecular complexity index is 268. The summed E-state index contributed by atoms with van der Waals surface area (Å²) in [7, 11) is 0. The molecule has 92 valence electrons. The van der Waals surface area contributed by atoms with Crippen LogP contribution >= 0.6 is 0 Å². The van der Waals surface area contributed by atoms with Crippen LogP contribution in [-0.4, -0.2) is 15.0 Å². The first-order valence-corrected chi connectivity index (χ1v) is 6.75. The van der Waals surface area contributed by atoms with Crippen LogP contribution < -0.4 is 0 Å². The number of hydrogen-bond donors (Lipinski definition) is 0. The molecule has 0 aromatic carbocycles. The molecule has 3 nitrogen and oxygen atoms in total. The van der Waals surface area contributed by atoms with Crippen molar-refractivity contribution < 1.29 is 0 Å². The highest BCUT2D eigenvalue weighted by Crippen LogP contribution is 2.08. The Hall–Kier alpha value is -0.860. The Kier molecular flexibility index (Phi) is 6.86. The molecular formula is C13H25N3. The second kappa shape index (κ2) is 8.31. The van der Waals surface area contributed by atoms with Crippen LogP contribution in [0.2, 0.25) is 0 Å². The average Bonchev–Trinajstić information content (AvgIpc) is 2.74. The quantitative estimate of drug-likeness (QED) is 0.599. The van der Waals surface area contributed by atoms with Gasteiger partial charge in [-0.15, -0.1) is 5.10 Å². The molecule has 0 saturated carbocycles. The molecule has 0 bridgehead atoms. The zero-order valence-corrected chi connectivity index (χ0v) is 10.8. The maximum Gasteiger partial charge on any atom is 0.0725 e. The van der Waals surface area contributed by atoms with Gasteiger partial charge < -0.3 is 0 Å². The van der Waals surface area contributed by atoms with Gasteiger partial charge in [-0.05, 0) is 19.3 Å². The number of aryl methyl sites for hydroxylation is 2. The van der Waals surface area contributed by atoms with Crippen LogP contribution in [0, 0.1) is 0 Å². The largest absolute Gasteiger partial charge is 0.249 e. The van der Waals surface area contributed by atoms with Gasteiger partial charge in [-0.1, -0.05) is 51.2 Å². The van der Waals surface area contributed by atoms with E-state index in [0.717, 1.165) is 13.0 Å². The monoisotopic (exact) mass is 223 g/mol. The van der Waals surface area contributed by atoms with Crippen LogP contribution in [0.5, 0.6) is 0 Å².